The van der Waals surface area contributed by atoms with Gasteiger partial charge in [0.2, 0.25) is 0 Å². The predicted molar refractivity (Wildman–Crippen MR) is 87.5 cm³/mol. The highest BCUT2D eigenvalue weighted by molar-refractivity contribution is 5.95. The van der Waals surface area contributed by atoms with Crippen molar-refractivity contribution in [2.75, 3.05) is 51.3 Å². The second-order valence-corrected chi connectivity index (χ2v) is 5.97. The molecular weight excluding hydrogens is 278 g/mol. The summed E-state index contributed by atoms with van der Waals surface area (Å²) in [4.78, 5) is 14.6. The van der Waals surface area contributed by atoms with E-state index in [0.29, 0.717) is 0 Å². The number of carbonyl (C=O) groups excluding carboxylic acids is 1. The van der Waals surface area contributed by atoms with Crippen LogP contribution in [0.2, 0.25) is 0 Å². The number of ether oxygens (including phenoxy) is 1. The minimum absolute atomic E-state index is 0.0427. The van der Waals surface area contributed by atoms with Gasteiger partial charge in [-0.05, 0) is 49.6 Å². The molecule has 0 saturated carbocycles. The Morgan fingerprint density at radius 1 is 1.27 bits per heavy atom. The average molecular weight is 303 g/mol. The van der Waals surface area contributed by atoms with E-state index in [9.17, 15) is 4.79 Å². The van der Waals surface area contributed by atoms with E-state index in [1.165, 1.54) is 11.3 Å². The lowest BCUT2D eigenvalue weighted by atomic mass is 10.1. The van der Waals surface area contributed by atoms with E-state index >= 15 is 0 Å². The molecule has 1 aromatic rings. The molecule has 1 fully saturated rings. The molecule has 1 aromatic carbocycles. The fourth-order valence-corrected chi connectivity index (χ4v) is 3.04. The SMILES string of the molecule is O=C(NCCCCN1CCOCC1)c1ccc2c(c1)CCN2. The standard InChI is InChI=1S/C17H25N3O2/c21-17(15-3-4-16-14(13-15)5-7-18-16)19-6-1-2-8-20-9-11-22-12-10-20/h3-4,13,18H,1-2,5-12H2,(H,19,21). The van der Waals surface area contributed by atoms with Crippen LogP contribution in [-0.2, 0) is 11.2 Å². The quantitative estimate of drug-likeness (QED) is 0.782. The molecule has 2 heterocycles. The normalized spacial score (nSPS) is 17.8. The zero-order valence-corrected chi connectivity index (χ0v) is 13.1. The summed E-state index contributed by atoms with van der Waals surface area (Å²) in [5.74, 6) is 0.0427. The van der Waals surface area contributed by atoms with E-state index in [4.69, 9.17) is 4.74 Å². The summed E-state index contributed by atoms with van der Waals surface area (Å²) in [5.41, 5.74) is 3.19. The fraction of sp³-hybridized carbons (Fsp3) is 0.588. The van der Waals surface area contributed by atoms with E-state index < -0.39 is 0 Å². The molecule has 0 radical (unpaired) electrons. The molecule has 0 atom stereocenters. The van der Waals surface area contributed by atoms with Gasteiger partial charge in [0, 0.05) is 37.4 Å². The van der Waals surface area contributed by atoms with Crippen molar-refractivity contribution in [1.29, 1.82) is 0 Å². The predicted octanol–water partition coefficient (Wildman–Crippen LogP) is 1.50. The Hall–Kier alpha value is -1.59. The van der Waals surface area contributed by atoms with Crippen molar-refractivity contribution < 1.29 is 9.53 Å². The maximum atomic E-state index is 12.2. The summed E-state index contributed by atoms with van der Waals surface area (Å²) in [7, 11) is 0. The molecule has 5 heteroatoms. The van der Waals surface area contributed by atoms with Crippen molar-refractivity contribution in [3.8, 4) is 0 Å². The maximum absolute atomic E-state index is 12.2. The number of hydrogen-bond donors (Lipinski definition) is 2. The number of hydrogen-bond acceptors (Lipinski definition) is 4. The Kier molecular flexibility index (Phi) is 5.29. The summed E-state index contributed by atoms with van der Waals surface area (Å²) >= 11 is 0. The molecule has 5 nitrogen and oxygen atoms in total. The molecular formula is C17H25N3O2. The largest absolute Gasteiger partial charge is 0.384 e. The Bertz CT molecular complexity index is 513. The summed E-state index contributed by atoms with van der Waals surface area (Å²) in [6, 6.07) is 5.92. The Morgan fingerprint density at radius 3 is 3.00 bits per heavy atom. The average Bonchev–Trinajstić information content (AvgIpc) is 3.03. The van der Waals surface area contributed by atoms with E-state index in [0.717, 1.165) is 70.8 Å². The highest BCUT2D eigenvalue weighted by atomic mass is 16.5. The summed E-state index contributed by atoms with van der Waals surface area (Å²) in [6.45, 7) is 6.60. The van der Waals surface area contributed by atoms with E-state index in [1.54, 1.807) is 0 Å². The van der Waals surface area contributed by atoms with Gasteiger partial charge in [-0.25, -0.2) is 0 Å². The van der Waals surface area contributed by atoms with Crippen molar-refractivity contribution in [1.82, 2.24) is 10.2 Å². The van der Waals surface area contributed by atoms with Gasteiger partial charge >= 0.3 is 0 Å². The number of benzene rings is 1. The Labute approximate surface area is 132 Å². The van der Waals surface area contributed by atoms with Crippen LogP contribution >= 0.6 is 0 Å². The van der Waals surface area contributed by atoms with Gasteiger partial charge in [0.05, 0.1) is 13.2 Å². The molecule has 0 aliphatic carbocycles. The molecule has 2 aliphatic heterocycles. The third-order valence-corrected chi connectivity index (χ3v) is 4.37. The van der Waals surface area contributed by atoms with E-state index in [-0.39, 0.29) is 5.91 Å². The smallest absolute Gasteiger partial charge is 0.251 e. The van der Waals surface area contributed by atoms with Crippen LogP contribution in [0, 0.1) is 0 Å². The van der Waals surface area contributed by atoms with Gasteiger partial charge in [-0.1, -0.05) is 0 Å². The highest BCUT2D eigenvalue weighted by Gasteiger charge is 2.13. The first-order valence-electron chi connectivity index (χ1n) is 8.28. The Balaban J connectivity index is 1.35. The van der Waals surface area contributed by atoms with Gasteiger partial charge in [0.25, 0.3) is 5.91 Å². The number of anilines is 1. The van der Waals surface area contributed by atoms with Crippen molar-refractivity contribution in [2.45, 2.75) is 19.3 Å². The van der Waals surface area contributed by atoms with Crippen LogP contribution in [0.3, 0.4) is 0 Å². The molecule has 1 amide bonds. The van der Waals surface area contributed by atoms with Crippen LogP contribution < -0.4 is 10.6 Å². The van der Waals surface area contributed by atoms with Gasteiger partial charge in [0.1, 0.15) is 0 Å². The minimum atomic E-state index is 0.0427. The lowest BCUT2D eigenvalue weighted by molar-refractivity contribution is 0.0372. The van der Waals surface area contributed by atoms with Crippen LogP contribution in [0.5, 0.6) is 0 Å². The molecule has 0 bridgehead atoms. The number of fused-ring (bicyclic) bond motifs is 1. The molecule has 0 aromatic heterocycles. The number of carbonyl (C=O) groups is 1. The first kappa shape index (κ1) is 15.3. The molecule has 0 spiro atoms. The van der Waals surface area contributed by atoms with Crippen molar-refractivity contribution in [2.24, 2.45) is 0 Å². The number of nitrogens with one attached hydrogen (secondary N) is 2. The minimum Gasteiger partial charge on any atom is -0.384 e. The highest BCUT2D eigenvalue weighted by Crippen LogP contribution is 2.22. The zero-order valence-electron chi connectivity index (χ0n) is 13.1. The van der Waals surface area contributed by atoms with Gasteiger partial charge in [0.15, 0.2) is 0 Å². The summed E-state index contributed by atoms with van der Waals surface area (Å²) < 4.78 is 5.34. The van der Waals surface area contributed by atoms with Gasteiger partial charge in [-0.3, -0.25) is 9.69 Å². The fourth-order valence-electron chi connectivity index (χ4n) is 3.04. The number of unbranched alkanes of at least 4 members (excludes halogenated alkanes) is 1. The molecule has 120 valence electrons. The van der Waals surface area contributed by atoms with Crippen LogP contribution in [-0.4, -0.2) is 56.7 Å². The van der Waals surface area contributed by atoms with E-state index in [1.807, 2.05) is 18.2 Å². The monoisotopic (exact) mass is 303 g/mol. The summed E-state index contributed by atoms with van der Waals surface area (Å²) in [5, 5.41) is 6.34. The van der Waals surface area contributed by atoms with Crippen LogP contribution in [0.1, 0.15) is 28.8 Å². The Morgan fingerprint density at radius 2 is 2.14 bits per heavy atom. The summed E-state index contributed by atoms with van der Waals surface area (Å²) in [6.07, 6.45) is 3.15. The maximum Gasteiger partial charge on any atom is 0.251 e. The van der Waals surface area contributed by atoms with Crippen molar-refractivity contribution in [3.63, 3.8) is 0 Å². The number of morpholine rings is 1. The lowest BCUT2D eigenvalue weighted by Crippen LogP contribution is -2.37. The molecule has 0 unspecified atom stereocenters. The zero-order chi connectivity index (χ0) is 15.2. The second kappa shape index (κ2) is 7.61. The van der Waals surface area contributed by atoms with Crippen LogP contribution in [0.15, 0.2) is 18.2 Å². The first-order chi connectivity index (χ1) is 10.8. The molecule has 22 heavy (non-hydrogen) atoms. The van der Waals surface area contributed by atoms with Crippen LogP contribution in [0.4, 0.5) is 5.69 Å². The topological polar surface area (TPSA) is 53.6 Å². The van der Waals surface area contributed by atoms with E-state index in [2.05, 4.69) is 15.5 Å². The number of nitrogens with zero attached hydrogens (tertiary/aromatic N) is 1. The number of amides is 1. The molecule has 2 aliphatic rings. The molecule has 3 rings (SSSR count). The second-order valence-electron chi connectivity index (χ2n) is 5.97. The van der Waals surface area contributed by atoms with Gasteiger partial charge < -0.3 is 15.4 Å². The van der Waals surface area contributed by atoms with Crippen molar-refractivity contribution >= 4 is 11.6 Å². The third-order valence-electron chi connectivity index (χ3n) is 4.37. The number of rotatable bonds is 6. The van der Waals surface area contributed by atoms with Gasteiger partial charge in [-0.15, -0.1) is 0 Å². The van der Waals surface area contributed by atoms with Gasteiger partial charge in [-0.2, -0.15) is 0 Å². The van der Waals surface area contributed by atoms with Crippen LogP contribution in [0.25, 0.3) is 0 Å². The molecule has 2 N–H and O–H groups in total. The van der Waals surface area contributed by atoms with Crippen molar-refractivity contribution in [3.05, 3.63) is 29.3 Å². The first-order valence-corrected chi connectivity index (χ1v) is 8.28. The molecule has 1 saturated heterocycles. The lowest BCUT2D eigenvalue weighted by Gasteiger charge is -2.26. The third kappa shape index (κ3) is 3.99.